The van der Waals surface area contributed by atoms with E-state index in [0.717, 1.165) is 13.1 Å². The number of nitrogens with zero attached hydrogens (tertiary/aromatic N) is 1. The smallest absolute Gasteiger partial charge is 0.151 e. The van der Waals surface area contributed by atoms with Crippen LogP contribution in [0.1, 0.15) is 27.6 Å². The molecule has 1 heterocycles. The summed E-state index contributed by atoms with van der Waals surface area (Å²) in [6.07, 6.45) is 0.0913. The van der Waals surface area contributed by atoms with Gasteiger partial charge in [0.25, 0.3) is 0 Å². The van der Waals surface area contributed by atoms with Crippen LogP contribution < -0.4 is 5.32 Å². The highest BCUT2D eigenvalue weighted by atomic mass is 16.3. The zero-order chi connectivity index (χ0) is 11.5. The molecular weight excluding hydrogens is 204 g/mol. The number of nitriles is 1. The fraction of sp³-hybridized carbons (Fsp3) is 0.333. The Labute approximate surface area is 93.5 Å². The highest BCUT2D eigenvalue weighted by molar-refractivity contribution is 5.79. The molecule has 1 aromatic carbocycles. The first-order valence-electron chi connectivity index (χ1n) is 5.14. The fourth-order valence-corrected chi connectivity index (χ4v) is 1.76. The van der Waals surface area contributed by atoms with Crippen molar-refractivity contribution in [1.82, 2.24) is 5.32 Å². The Morgan fingerprint density at radius 3 is 2.81 bits per heavy atom. The van der Waals surface area contributed by atoms with Crippen LogP contribution in [0.15, 0.2) is 18.2 Å². The Hall–Kier alpha value is -1.70. The molecule has 0 radical (unpaired) electrons. The van der Waals surface area contributed by atoms with E-state index < -0.39 is 6.10 Å². The number of rotatable bonds is 3. The first kappa shape index (κ1) is 10.8. The van der Waals surface area contributed by atoms with Gasteiger partial charge in [0, 0.05) is 24.6 Å². The third kappa shape index (κ3) is 1.83. The van der Waals surface area contributed by atoms with E-state index in [2.05, 4.69) is 5.32 Å². The lowest BCUT2D eigenvalue weighted by Gasteiger charge is -2.31. The topological polar surface area (TPSA) is 73.1 Å². The van der Waals surface area contributed by atoms with Gasteiger partial charge < -0.3 is 10.4 Å². The maximum absolute atomic E-state index is 10.6. The van der Waals surface area contributed by atoms with Gasteiger partial charge in [0.2, 0.25) is 0 Å². The van der Waals surface area contributed by atoms with E-state index in [-0.39, 0.29) is 5.92 Å². The molecule has 82 valence electrons. The molecule has 2 rings (SSSR count). The highest BCUT2D eigenvalue weighted by Gasteiger charge is 2.26. The summed E-state index contributed by atoms with van der Waals surface area (Å²) in [6.45, 7) is 1.58. The zero-order valence-electron chi connectivity index (χ0n) is 8.68. The maximum atomic E-state index is 10.6. The Balaban J connectivity index is 2.28. The molecule has 0 aromatic heterocycles. The van der Waals surface area contributed by atoms with Crippen LogP contribution in [-0.4, -0.2) is 24.5 Å². The van der Waals surface area contributed by atoms with Gasteiger partial charge in [0.05, 0.1) is 17.7 Å². The normalized spacial score (nSPS) is 17.2. The van der Waals surface area contributed by atoms with Crippen molar-refractivity contribution in [3.63, 3.8) is 0 Å². The van der Waals surface area contributed by atoms with Crippen LogP contribution in [0.3, 0.4) is 0 Å². The number of aliphatic hydroxyl groups is 1. The van der Waals surface area contributed by atoms with Crippen LogP contribution in [0.2, 0.25) is 0 Å². The molecule has 0 aliphatic carbocycles. The lowest BCUT2D eigenvalue weighted by molar-refractivity contribution is 0.0766. The molecule has 1 fully saturated rings. The van der Waals surface area contributed by atoms with Crippen LogP contribution >= 0.6 is 0 Å². The van der Waals surface area contributed by atoms with Gasteiger partial charge in [0.15, 0.2) is 6.29 Å². The van der Waals surface area contributed by atoms with E-state index in [1.807, 2.05) is 6.07 Å². The molecular formula is C12H12N2O2. The molecule has 1 saturated heterocycles. The Morgan fingerprint density at radius 1 is 1.56 bits per heavy atom. The summed E-state index contributed by atoms with van der Waals surface area (Å²) < 4.78 is 0. The second-order valence-corrected chi connectivity index (χ2v) is 3.94. The third-order valence-corrected chi connectivity index (χ3v) is 2.93. The largest absolute Gasteiger partial charge is 0.388 e. The third-order valence-electron chi connectivity index (χ3n) is 2.93. The lowest BCUT2D eigenvalue weighted by atomic mass is 9.90. The Bertz CT molecular complexity index is 447. The van der Waals surface area contributed by atoms with Gasteiger partial charge in [-0.3, -0.25) is 4.79 Å². The number of carbonyl (C=O) groups excluding carboxylic acids is 1. The lowest BCUT2D eigenvalue weighted by Crippen LogP contribution is -2.45. The predicted octanol–water partition coefficient (Wildman–Crippen LogP) is 0.624. The number of hydrogen-bond donors (Lipinski definition) is 2. The molecule has 1 aliphatic rings. The number of hydrogen-bond acceptors (Lipinski definition) is 4. The van der Waals surface area contributed by atoms with Crippen molar-refractivity contribution in [3.8, 4) is 6.07 Å². The molecule has 4 nitrogen and oxygen atoms in total. The van der Waals surface area contributed by atoms with Gasteiger partial charge in [-0.2, -0.15) is 5.26 Å². The first-order valence-corrected chi connectivity index (χ1v) is 5.14. The molecule has 0 saturated carbocycles. The summed E-state index contributed by atoms with van der Waals surface area (Å²) in [4.78, 5) is 10.6. The fourth-order valence-electron chi connectivity index (χ4n) is 1.76. The van der Waals surface area contributed by atoms with Crippen LogP contribution in [0.4, 0.5) is 0 Å². The molecule has 1 aliphatic heterocycles. The molecule has 0 amide bonds. The summed E-state index contributed by atoms with van der Waals surface area (Å²) in [6, 6.07) is 6.83. The number of nitrogens with one attached hydrogen (secondary N) is 1. The Kier molecular flexibility index (Phi) is 3.00. The average Bonchev–Trinajstić information content (AvgIpc) is 2.25. The SMILES string of the molecule is N#Cc1cc(C(O)C2CNC2)ccc1C=O. The second-order valence-electron chi connectivity index (χ2n) is 3.94. The van der Waals surface area contributed by atoms with Gasteiger partial charge in [-0.15, -0.1) is 0 Å². The van der Waals surface area contributed by atoms with Gasteiger partial charge in [-0.1, -0.05) is 6.07 Å². The van der Waals surface area contributed by atoms with Crippen LogP contribution in [0, 0.1) is 17.2 Å². The van der Waals surface area contributed by atoms with Crippen LogP contribution in [0.25, 0.3) is 0 Å². The predicted molar refractivity (Wildman–Crippen MR) is 57.9 cm³/mol. The van der Waals surface area contributed by atoms with E-state index in [1.54, 1.807) is 18.2 Å². The molecule has 0 bridgehead atoms. The van der Waals surface area contributed by atoms with E-state index in [4.69, 9.17) is 5.26 Å². The van der Waals surface area contributed by atoms with E-state index in [9.17, 15) is 9.90 Å². The molecule has 16 heavy (non-hydrogen) atoms. The molecule has 1 atom stereocenters. The molecule has 1 aromatic rings. The molecule has 2 N–H and O–H groups in total. The monoisotopic (exact) mass is 216 g/mol. The minimum atomic E-state index is -0.561. The Morgan fingerprint density at radius 2 is 2.31 bits per heavy atom. The summed E-state index contributed by atoms with van der Waals surface area (Å²) in [5.74, 6) is 0.202. The van der Waals surface area contributed by atoms with Gasteiger partial charge >= 0.3 is 0 Å². The van der Waals surface area contributed by atoms with Crippen molar-refractivity contribution in [2.45, 2.75) is 6.10 Å². The molecule has 1 unspecified atom stereocenters. The van der Waals surface area contributed by atoms with Gasteiger partial charge in [0.1, 0.15) is 0 Å². The zero-order valence-corrected chi connectivity index (χ0v) is 8.68. The number of aliphatic hydroxyl groups excluding tert-OH is 1. The quantitative estimate of drug-likeness (QED) is 0.726. The standard InChI is InChI=1S/C12H12N2O2/c13-4-10-3-8(1-2-9(10)7-15)12(16)11-5-14-6-11/h1-3,7,11-12,14,16H,5-6H2. The minimum absolute atomic E-state index is 0.202. The van der Waals surface area contributed by atoms with Crippen LogP contribution in [-0.2, 0) is 0 Å². The van der Waals surface area contributed by atoms with Crippen molar-refractivity contribution in [3.05, 3.63) is 34.9 Å². The average molecular weight is 216 g/mol. The number of carbonyl (C=O) groups is 1. The first-order chi connectivity index (χ1) is 7.76. The van der Waals surface area contributed by atoms with Crippen LogP contribution in [0.5, 0.6) is 0 Å². The summed E-state index contributed by atoms with van der Waals surface area (Å²) in [5.41, 5.74) is 1.39. The van der Waals surface area contributed by atoms with Gasteiger partial charge in [-0.25, -0.2) is 0 Å². The van der Waals surface area contributed by atoms with Crippen molar-refractivity contribution in [2.24, 2.45) is 5.92 Å². The molecule has 4 heteroatoms. The van der Waals surface area contributed by atoms with Crippen molar-refractivity contribution in [1.29, 1.82) is 5.26 Å². The molecule has 0 spiro atoms. The maximum Gasteiger partial charge on any atom is 0.151 e. The van der Waals surface area contributed by atoms with E-state index in [0.29, 0.717) is 23.0 Å². The summed E-state index contributed by atoms with van der Waals surface area (Å²) in [7, 11) is 0. The van der Waals surface area contributed by atoms with E-state index in [1.165, 1.54) is 0 Å². The van der Waals surface area contributed by atoms with Gasteiger partial charge in [-0.05, 0) is 17.7 Å². The number of aldehydes is 1. The highest BCUT2D eigenvalue weighted by Crippen LogP contribution is 2.26. The summed E-state index contributed by atoms with van der Waals surface area (Å²) in [5, 5.41) is 21.9. The summed E-state index contributed by atoms with van der Waals surface area (Å²) >= 11 is 0. The van der Waals surface area contributed by atoms with E-state index >= 15 is 0 Å². The van der Waals surface area contributed by atoms with Crippen molar-refractivity contribution >= 4 is 6.29 Å². The number of benzene rings is 1. The van der Waals surface area contributed by atoms with Crippen molar-refractivity contribution in [2.75, 3.05) is 13.1 Å². The minimum Gasteiger partial charge on any atom is -0.388 e. The second kappa shape index (κ2) is 4.44. The van der Waals surface area contributed by atoms with Crippen molar-refractivity contribution < 1.29 is 9.90 Å².